The summed E-state index contributed by atoms with van der Waals surface area (Å²) in [7, 11) is 0. The summed E-state index contributed by atoms with van der Waals surface area (Å²) in [5.41, 5.74) is 2.54. The van der Waals surface area contributed by atoms with E-state index in [1.807, 2.05) is 37.3 Å². The molecule has 0 unspecified atom stereocenters. The molecule has 1 amide bonds. The van der Waals surface area contributed by atoms with Gasteiger partial charge >= 0.3 is 0 Å². The van der Waals surface area contributed by atoms with Crippen molar-refractivity contribution in [2.24, 2.45) is 0 Å². The van der Waals surface area contributed by atoms with Crippen molar-refractivity contribution in [2.75, 3.05) is 0 Å². The first kappa shape index (κ1) is 19.2. The third-order valence-electron chi connectivity index (χ3n) is 5.96. The predicted molar refractivity (Wildman–Crippen MR) is 119 cm³/mol. The number of hydrogen-bond donors (Lipinski definition) is 2. The van der Waals surface area contributed by atoms with Crippen LogP contribution in [0, 0.1) is 12.3 Å². The molecular weight excluding hydrogens is 390 g/mol. The second-order valence-corrected chi connectivity index (χ2v) is 8.12. The van der Waals surface area contributed by atoms with Gasteiger partial charge in [-0.25, -0.2) is 4.98 Å². The average molecular weight is 413 g/mol. The molecule has 2 N–H and O–H groups in total. The average Bonchev–Trinajstić information content (AvgIpc) is 3.28. The number of rotatable bonds is 3. The van der Waals surface area contributed by atoms with Crippen LogP contribution in [0.5, 0.6) is 0 Å². The van der Waals surface area contributed by atoms with Crippen LogP contribution in [0.15, 0.2) is 59.5 Å². The number of carbonyl (C=O) groups excluding carboxylic acids is 1. The zero-order valence-corrected chi connectivity index (χ0v) is 17.3. The highest BCUT2D eigenvalue weighted by atomic mass is 16.2. The van der Waals surface area contributed by atoms with Crippen molar-refractivity contribution in [3.05, 3.63) is 81.7 Å². The number of aromatic nitrogens is 3. The molecule has 31 heavy (non-hydrogen) atoms. The van der Waals surface area contributed by atoms with Crippen LogP contribution in [0.3, 0.4) is 0 Å². The van der Waals surface area contributed by atoms with Crippen LogP contribution in [0.25, 0.3) is 22.4 Å². The maximum absolute atomic E-state index is 13.3. The van der Waals surface area contributed by atoms with Crippen LogP contribution in [0.2, 0.25) is 0 Å². The smallest absolute Gasteiger partial charge is 0.267 e. The number of amides is 1. The Balaban J connectivity index is 1.81. The van der Waals surface area contributed by atoms with Gasteiger partial charge < -0.3 is 5.32 Å². The molecule has 7 heteroatoms. The molecule has 0 aliphatic heterocycles. The number of benzene rings is 1. The molecule has 0 saturated heterocycles. The van der Waals surface area contributed by atoms with E-state index in [-0.39, 0.29) is 28.6 Å². The summed E-state index contributed by atoms with van der Waals surface area (Å²) < 4.78 is 3.05. The van der Waals surface area contributed by atoms with E-state index in [2.05, 4.69) is 10.3 Å². The van der Waals surface area contributed by atoms with Crippen molar-refractivity contribution in [1.82, 2.24) is 19.3 Å². The SMILES string of the molecule is Cc1ccc(-n2c(=N)c(C(=O)NC3CCCC3)cc3c(=O)n4ccccc4nc32)cc1. The zero-order valence-electron chi connectivity index (χ0n) is 17.3. The molecule has 156 valence electrons. The molecule has 4 aromatic rings. The largest absolute Gasteiger partial charge is 0.349 e. The lowest BCUT2D eigenvalue weighted by Crippen LogP contribution is -2.38. The molecule has 1 aromatic carbocycles. The van der Waals surface area contributed by atoms with Gasteiger partial charge in [0, 0.05) is 17.9 Å². The van der Waals surface area contributed by atoms with Gasteiger partial charge in [-0.05, 0) is 50.1 Å². The van der Waals surface area contributed by atoms with E-state index in [1.54, 1.807) is 22.9 Å². The lowest BCUT2D eigenvalue weighted by Gasteiger charge is -2.16. The first-order valence-electron chi connectivity index (χ1n) is 10.5. The number of hydrogen-bond acceptors (Lipinski definition) is 4. The van der Waals surface area contributed by atoms with E-state index in [9.17, 15) is 9.59 Å². The fraction of sp³-hybridized carbons (Fsp3) is 0.250. The van der Waals surface area contributed by atoms with Crippen molar-refractivity contribution in [3.8, 4) is 5.69 Å². The monoisotopic (exact) mass is 413 g/mol. The maximum atomic E-state index is 13.3. The van der Waals surface area contributed by atoms with Crippen LogP contribution >= 0.6 is 0 Å². The molecular formula is C24H23N5O2. The Morgan fingerprint density at radius 1 is 1.13 bits per heavy atom. The third kappa shape index (κ3) is 3.32. The minimum absolute atomic E-state index is 0.0130. The third-order valence-corrected chi connectivity index (χ3v) is 5.96. The number of pyridine rings is 2. The lowest BCUT2D eigenvalue weighted by atomic mass is 10.1. The Labute approximate surface area is 178 Å². The summed E-state index contributed by atoms with van der Waals surface area (Å²) in [6.07, 6.45) is 5.74. The molecule has 5 rings (SSSR count). The predicted octanol–water partition coefficient (Wildman–Crippen LogP) is 3.10. The normalized spacial score (nSPS) is 14.4. The Bertz CT molecular complexity index is 1430. The van der Waals surface area contributed by atoms with Crippen LogP contribution in [-0.4, -0.2) is 25.9 Å². The Kier molecular flexibility index (Phi) is 4.66. The van der Waals surface area contributed by atoms with E-state index in [0.717, 1.165) is 31.2 Å². The maximum Gasteiger partial charge on any atom is 0.267 e. The van der Waals surface area contributed by atoms with Gasteiger partial charge in [-0.2, -0.15) is 0 Å². The number of fused-ring (bicyclic) bond motifs is 2. The number of carbonyl (C=O) groups is 1. The van der Waals surface area contributed by atoms with E-state index < -0.39 is 0 Å². The highest BCUT2D eigenvalue weighted by molar-refractivity contribution is 5.97. The lowest BCUT2D eigenvalue weighted by molar-refractivity contribution is 0.0935. The Hall–Kier alpha value is -3.74. The molecule has 0 atom stereocenters. The van der Waals surface area contributed by atoms with Gasteiger partial charge in [-0.3, -0.25) is 24.0 Å². The van der Waals surface area contributed by atoms with E-state index in [0.29, 0.717) is 22.4 Å². The molecule has 7 nitrogen and oxygen atoms in total. The Morgan fingerprint density at radius 3 is 2.61 bits per heavy atom. The van der Waals surface area contributed by atoms with Crippen molar-refractivity contribution < 1.29 is 4.79 Å². The van der Waals surface area contributed by atoms with Crippen LogP contribution < -0.4 is 16.4 Å². The summed E-state index contributed by atoms with van der Waals surface area (Å²) >= 11 is 0. The molecule has 0 radical (unpaired) electrons. The quantitative estimate of drug-likeness (QED) is 0.506. The minimum Gasteiger partial charge on any atom is -0.349 e. The van der Waals surface area contributed by atoms with Crippen molar-refractivity contribution in [2.45, 2.75) is 38.6 Å². The molecule has 3 heterocycles. The van der Waals surface area contributed by atoms with Crippen LogP contribution in [0.1, 0.15) is 41.6 Å². The molecule has 1 saturated carbocycles. The fourth-order valence-electron chi connectivity index (χ4n) is 4.28. The van der Waals surface area contributed by atoms with Crippen molar-refractivity contribution in [3.63, 3.8) is 0 Å². The number of nitrogens with zero attached hydrogens (tertiary/aromatic N) is 3. The van der Waals surface area contributed by atoms with Gasteiger partial charge in [0.15, 0.2) is 5.65 Å². The topological polar surface area (TPSA) is 92.2 Å². The number of aryl methyl sites for hydroxylation is 1. The van der Waals surface area contributed by atoms with Crippen LogP contribution in [0.4, 0.5) is 0 Å². The Morgan fingerprint density at radius 2 is 1.87 bits per heavy atom. The van der Waals surface area contributed by atoms with E-state index in [1.165, 1.54) is 10.5 Å². The fourth-order valence-corrected chi connectivity index (χ4v) is 4.28. The highest BCUT2D eigenvalue weighted by Crippen LogP contribution is 2.19. The molecule has 1 aliphatic carbocycles. The first-order chi connectivity index (χ1) is 15.0. The van der Waals surface area contributed by atoms with E-state index >= 15 is 0 Å². The minimum atomic E-state index is -0.322. The molecule has 3 aromatic heterocycles. The van der Waals surface area contributed by atoms with Gasteiger partial charge in [0.25, 0.3) is 11.5 Å². The van der Waals surface area contributed by atoms with Crippen molar-refractivity contribution >= 4 is 22.6 Å². The van der Waals surface area contributed by atoms with Gasteiger partial charge in [0.1, 0.15) is 11.1 Å². The molecule has 0 bridgehead atoms. The molecule has 1 fully saturated rings. The van der Waals surface area contributed by atoms with Gasteiger partial charge in [0.2, 0.25) is 0 Å². The summed E-state index contributed by atoms with van der Waals surface area (Å²) in [5, 5.41) is 12.2. The van der Waals surface area contributed by atoms with Crippen LogP contribution in [-0.2, 0) is 0 Å². The van der Waals surface area contributed by atoms with Gasteiger partial charge in [-0.15, -0.1) is 0 Å². The highest BCUT2D eigenvalue weighted by Gasteiger charge is 2.22. The standard InChI is InChI=1S/C24H23N5O2/c1-15-9-11-17(12-10-15)29-21(25)18(23(30)26-16-6-2-3-7-16)14-19-22(29)27-20-8-4-5-13-28(20)24(19)31/h4-5,8-14,16,25H,2-3,6-7H2,1H3,(H,26,30). The second-order valence-electron chi connectivity index (χ2n) is 8.12. The van der Waals surface area contributed by atoms with Crippen molar-refractivity contribution in [1.29, 1.82) is 5.41 Å². The summed E-state index contributed by atoms with van der Waals surface area (Å²) in [6.45, 7) is 1.98. The first-order valence-corrected chi connectivity index (χ1v) is 10.5. The van der Waals surface area contributed by atoms with Gasteiger partial charge in [-0.1, -0.05) is 36.6 Å². The van der Waals surface area contributed by atoms with E-state index in [4.69, 9.17) is 5.41 Å². The summed E-state index contributed by atoms with van der Waals surface area (Å²) in [4.78, 5) is 31.1. The second kappa shape index (κ2) is 7.50. The molecule has 1 aliphatic rings. The zero-order chi connectivity index (χ0) is 21.5. The summed E-state index contributed by atoms with van der Waals surface area (Å²) in [6, 6.07) is 14.6. The summed E-state index contributed by atoms with van der Waals surface area (Å²) in [5.74, 6) is -0.322. The molecule has 0 spiro atoms. The number of nitrogens with one attached hydrogen (secondary N) is 2. The van der Waals surface area contributed by atoms with Gasteiger partial charge in [0.05, 0.1) is 10.9 Å².